The number of nitrogens with zero attached hydrogens (tertiary/aromatic N) is 3. The lowest BCUT2D eigenvalue weighted by Gasteiger charge is -2.33. The standard InChI is InChI=1S/C31H35N5O4/c1-35(31(39)40-22-26-11-6-3-7-12-26)28(19-23-9-4-2-5-10-23)30(38)36-18-8-13-27(36)29(37)33-20-24-14-16-25(17-15-24)21-34-32/h2-7,9-12,14-17,21,27-28H,8,13,18-20,22,32H2,1H3,(H,33,37)/t27-,28+/m0/s1. The number of hydrazone groups is 1. The zero-order valence-corrected chi connectivity index (χ0v) is 22.6. The first-order chi connectivity index (χ1) is 19.5. The average molecular weight is 542 g/mol. The second kappa shape index (κ2) is 13.9. The molecule has 1 aliphatic heterocycles. The van der Waals surface area contributed by atoms with Crippen LogP contribution < -0.4 is 11.2 Å². The fourth-order valence-corrected chi connectivity index (χ4v) is 4.78. The largest absolute Gasteiger partial charge is 0.445 e. The molecule has 0 unspecified atom stereocenters. The molecule has 9 heteroatoms. The van der Waals surface area contributed by atoms with Crippen LogP contribution in [0.25, 0.3) is 0 Å². The summed E-state index contributed by atoms with van der Waals surface area (Å²) in [5.41, 5.74) is 3.54. The Bertz CT molecular complexity index is 1300. The molecule has 9 nitrogen and oxygen atoms in total. The van der Waals surface area contributed by atoms with Gasteiger partial charge in [0.25, 0.3) is 0 Å². The first-order valence-electron chi connectivity index (χ1n) is 13.3. The summed E-state index contributed by atoms with van der Waals surface area (Å²) in [6.07, 6.45) is 2.52. The van der Waals surface area contributed by atoms with Gasteiger partial charge in [-0.15, -0.1) is 0 Å². The SMILES string of the molecule is CN(C(=O)OCc1ccccc1)[C@H](Cc1ccccc1)C(=O)N1CCC[C@H]1C(=O)NCc1ccc(C=NN)cc1. The van der Waals surface area contributed by atoms with E-state index in [-0.39, 0.29) is 18.4 Å². The molecule has 0 aromatic heterocycles. The van der Waals surface area contributed by atoms with Gasteiger partial charge in [0.2, 0.25) is 11.8 Å². The fourth-order valence-electron chi connectivity index (χ4n) is 4.78. The molecular weight excluding hydrogens is 506 g/mol. The first-order valence-corrected chi connectivity index (χ1v) is 13.3. The number of hydrogen-bond acceptors (Lipinski definition) is 6. The highest BCUT2D eigenvalue weighted by atomic mass is 16.6. The van der Waals surface area contributed by atoms with Gasteiger partial charge in [-0.05, 0) is 35.1 Å². The third-order valence-corrected chi connectivity index (χ3v) is 7.03. The molecule has 0 bridgehead atoms. The van der Waals surface area contributed by atoms with Crippen molar-refractivity contribution < 1.29 is 19.1 Å². The van der Waals surface area contributed by atoms with Gasteiger partial charge in [-0.25, -0.2) is 4.79 Å². The van der Waals surface area contributed by atoms with Crippen LogP contribution in [-0.2, 0) is 33.9 Å². The Balaban J connectivity index is 1.44. The third-order valence-electron chi connectivity index (χ3n) is 7.03. The minimum Gasteiger partial charge on any atom is -0.445 e. The Morgan fingerprint density at radius 3 is 2.30 bits per heavy atom. The van der Waals surface area contributed by atoms with Crippen molar-refractivity contribution in [3.63, 3.8) is 0 Å². The zero-order chi connectivity index (χ0) is 28.3. The smallest absolute Gasteiger partial charge is 0.410 e. The van der Waals surface area contributed by atoms with Gasteiger partial charge in [0.15, 0.2) is 0 Å². The summed E-state index contributed by atoms with van der Waals surface area (Å²) in [5, 5.41) is 6.47. The molecule has 1 aliphatic rings. The lowest BCUT2D eigenvalue weighted by atomic mass is 10.0. The van der Waals surface area contributed by atoms with Crippen LogP contribution in [0.4, 0.5) is 4.79 Å². The molecule has 1 fully saturated rings. The summed E-state index contributed by atoms with van der Waals surface area (Å²) in [5.74, 6) is 4.71. The van der Waals surface area contributed by atoms with Crippen molar-refractivity contribution in [2.45, 2.75) is 44.5 Å². The van der Waals surface area contributed by atoms with E-state index in [1.807, 2.05) is 84.9 Å². The van der Waals surface area contributed by atoms with E-state index in [4.69, 9.17) is 10.6 Å². The Labute approximate surface area is 234 Å². The monoisotopic (exact) mass is 541 g/mol. The van der Waals surface area contributed by atoms with Crippen molar-refractivity contribution in [3.8, 4) is 0 Å². The number of benzene rings is 3. The maximum atomic E-state index is 13.9. The molecule has 40 heavy (non-hydrogen) atoms. The zero-order valence-electron chi connectivity index (χ0n) is 22.6. The van der Waals surface area contributed by atoms with Gasteiger partial charge < -0.3 is 20.8 Å². The van der Waals surface area contributed by atoms with Crippen LogP contribution >= 0.6 is 0 Å². The number of ether oxygens (including phenoxy) is 1. The van der Waals surface area contributed by atoms with Crippen LogP contribution in [0.1, 0.15) is 35.1 Å². The maximum absolute atomic E-state index is 13.9. The molecule has 0 saturated carbocycles. The lowest BCUT2D eigenvalue weighted by Crippen LogP contribution is -2.54. The summed E-state index contributed by atoms with van der Waals surface area (Å²) in [6.45, 7) is 0.879. The summed E-state index contributed by atoms with van der Waals surface area (Å²) in [7, 11) is 1.57. The summed E-state index contributed by atoms with van der Waals surface area (Å²) >= 11 is 0. The van der Waals surface area contributed by atoms with Crippen molar-refractivity contribution in [1.29, 1.82) is 0 Å². The van der Waals surface area contributed by atoms with E-state index in [0.29, 0.717) is 32.4 Å². The number of amides is 3. The van der Waals surface area contributed by atoms with Crippen LogP contribution in [0.3, 0.4) is 0 Å². The Morgan fingerprint density at radius 2 is 1.65 bits per heavy atom. The Kier molecular flexibility index (Phi) is 9.88. The van der Waals surface area contributed by atoms with Crippen molar-refractivity contribution in [2.75, 3.05) is 13.6 Å². The van der Waals surface area contributed by atoms with Gasteiger partial charge in [-0.2, -0.15) is 5.10 Å². The molecule has 0 radical (unpaired) electrons. The number of nitrogens with one attached hydrogen (secondary N) is 1. The Hall–Kier alpha value is -4.66. The van der Waals surface area contributed by atoms with Gasteiger partial charge in [0.05, 0.1) is 6.21 Å². The summed E-state index contributed by atoms with van der Waals surface area (Å²) < 4.78 is 5.53. The van der Waals surface area contributed by atoms with Crippen LogP contribution in [0.5, 0.6) is 0 Å². The highest BCUT2D eigenvalue weighted by molar-refractivity contribution is 5.92. The van der Waals surface area contributed by atoms with Crippen LogP contribution in [0.15, 0.2) is 90.0 Å². The van der Waals surface area contributed by atoms with E-state index < -0.39 is 18.2 Å². The second-order valence-electron chi connectivity index (χ2n) is 9.78. The van der Waals surface area contributed by atoms with Gasteiger partial charge in [0, 0.05) is 26.6 Å². The number of hydrogen-bond donors (Lipinski definition) is 2. The number of carbonyl (C=O) groups is 3. The highest BCUT2D eigenvalue weighted by Gasteiger charge is 2.39. The van der Waals surface area contributed by atoms with Crippen molar-refractivity contribution in [3.05, 3.63) is 107 Å². The van der Waals surface area contributed by atoms with Crippen molar-refractivity contribution >= 4 is 24.1 Å². The molecule has 208 valence electrons. The van der Waals surface area contributed by atoms with Gasteiger partial charge in [0.1, 0.15) is 18.7 Å². The van der Waals surface area contributed by atoms with Crippen LogP contribution in [0.2, 0.25) is 0 Å². The molecule has 0 spiro atoms. The molecule has 2 atom stereocenters. The number of carbonyl (C=O) groups excluding carboxylic acids is 3. The summed E-state index contributed by atoms with van der Waals surface area (Å²) in [6, 6.07) is 25.0. The first kappa shape index (κ1) is 28.4. The van der Waals surface area contributed by atoms with E-state index in [0.717, 1.165) is 22.3 Å². The lowest BCUT2D eigenvalue weighted by molar-refractivity contribution is -0.142. The maximum Gasteiger partial charge on any atom is 0.410 e. The second-order valence-corrected chi connectivity index (χ2v) is 9.78. The predicted molar refractivity (Wildman–Crippen MR) is 153 cm³/mol. The quantitative estimate of drug-likeness (QED) is 0.232. The van der Waals surface area contributed by atoms with E-state index in [1.165, 1.54) is 4.90 Å². The molecule has 1 heterocycles. The molecule has 3 N–H and O–H groups in total. The number of rotatable bonds is 10. The van der Waals surface area contributed by atoms with Crippen LogP contribution in [-0.4, -0.2) is 59.6 Å². The number of nitrogens with two attached hydrogens (primary N) is 1. The van der Waals surface area contributed by atoms with E-state index in [2.05, 4.69) is 10.4 Å². The van der Waals surface area contributed by atoms with Gasteiger partial charge >= 0.3 is 6.09 Å². The Morgan fingerprint density at radius 1 is 1.00 bits per heavy atom. The van der Waals surface area contributed by atoms with E-state index in [1.54, 1.807) is 18.2 Å². The van der Waals surface area contributed by atoms with Crippen LogP contribution in [0, 0.1) is 0 Å². The van der Waals surface area contributed by atoms with E-state index >= 15 is 0 Å². The summed E-state index contributed by atoms with van der Waals surface area (Å²) in [4.78, 5) is 43.1. The molecule has 3 aromatic carbocycles. The molecule has 0 aliphatic carbocycles. The average Bonchev–Trinajstić information content (AvgIpc) is 3.49. The minimum absolute atomic E-state index is 0.102. The molecular formula is C31H35N5O4. The van der Waals surface area contributed by atoms with Crippen molar-refractivity contribution in [2.24, 2.45) is 10.9 Å². The van der Waals surface area contributed by atoms with E-state index in [9.17, 15) is 14.4 Å². The van der Waals surface area contributed by atoms with Gasteiger partial charge in [-0.3, -0.25) is 14.5 Å². The molecule has 3 aromatic rings. The molecule has 4 rings (SSSR count). The van der Waals surface area contributed by atoms with Gasteiger partial charge in [-0.1, -0.05) is 84.9 Å². The van der Waals surface area contributed by atoms with Crippen molar-refractivity contribution in [1.82, 2.24) is 15.1 Å². The minimum atomic E-state index is -0.823. The highest BCUT2D eigenvalue weighted by Crippen LogP contribution is 2.22. The topological polar surface area (TPSA) is 117 Å². The predicted octanol–water partition coefficient (Wildman–Crippen LogP) is 3.47. The number of likely N-dealkylation sites (tertiary alicyclic amines) is 1. The molecule has 3 amide bonds. The number of likely N-dealkylation sites (N-methyl/N-ethyl adjacent to an activating group) is 1. The normalized spacial score (nSPS) is 15.5. The third kappa shape index (κ3) is 7.47. The molecule has 1 saturated heterocycles. The fraction of sp³-hybridized carbons (Fsp3) is 0.290.